The molecule has 9 nitrogen and oxygen atoms in total. The molecule has 0 atom stereocenters. The summed E-state index contributed by atoms with van der Waals surface area (Å²) in [5.41, 5.74) is 1.22. The molecule has 0 saturated carbocycles. The second kappa shape index (κ2) is 11.1. The molecule has 190 valence electrons. The minimum atomic E-state index is -3.60. The third-order valence-electron chi connectivity index (χ3n) is 6.21. The second-order valence-corrected chi connectivity index (χ2v) is 13.4. The smallest absolute Gasteiger partial charge is 0.243 e. The Kier molecular flexibility index (Phi) is 8.29. The van der Waals surface area contributed by atoms with Crippen LogP contribution in [-0.2, 0) is 35.3 Å². The predicted octanol–water partition coefficient (Wildman–Crippen LogP) is 2.65. The molecule has 12 heteroatoms. The van der Waals surface area contributed by atoms with E-state index in [4.69, 9.17) is 4.74 Å². The SMILES string of the molecule is O=C(Nc1ccc(S(=O)(=O)N2CCOCC2)cc1)C1CCN(S(=O)(=O)Cc2ccc(Br)cc2)CC1. The number of rotatable bonds is 7. The van der Waals surface area contributed by atoms with Crippen LogP contribution in [0.2, 0.25) is 0 Å². The van der Waals surface area contributed by atoms with Crippen molar-refractivity contribution in [1.82, 2.24) is 8.61 Å². The molecule has 0 unspecified atom stereocenters. The number of carbonyl (C=O) groups excluding carboxylic acids is 1. The number of ether oxygens (including phenoxy) is 1. The van der Waals surface area contributed by atoms with Crippen molar-refractivity contribution in [1.29, 1.82) is 0 Å². The zero-order chi connectivity index (χ0) is 25.1. The third-order valence-corrected chi connectivity index (χ3v) is 10.5. The van der Waals surface area contributed by atoms with Gasteiger partial charge in [-0.2, -0.15) is 4.31 Å². The summed E-state index contributed by atoms with van der Waals surface area (Å²) in [4.78, 5) is 12.9. The Hall–Kier alpha value is -1.83. The van der Waals surface area contributed by atoms with Crippen molar-refractivity contribution < 1.29 is 26.4 Å². The predicted molar refractivity (Wildman–Crippen MR) is 136 cm³/mol. The van der Waals surface area contributed by atoms with Crippen molar-refractivity contribution in [3.8, 4) is 0 Å². The molecule has 2 aliphatic heterocycles. The van der Waals surface area contributed by atoms with Gasteiger partial charge in [-0.15, -0.1) is 0 Å². The molecule has 4 rings (SSSR count). The fourth-order valence-corrected chi connectivity index (χ4v) is 7.40. The van der Waals surface area contributed by atoms with E-state index in [2.05, 4.69) is 21.2 Å². The first kappa shape index (κ1) is 26.2. The zero-order valence-electron chi connectivity index (χ0n) is 19.1. The van der Waals surface area contributed by atoms with Crippen molar-refractivity contribution in [2.45, 2.75) is 23.5 Å². The molecule has 2 heterocycles. The molecule has 2 aromatic carbocycles. The van der Waals surface area contributed by atoms with Gasteiger partial charge in [0.1, 0.15) is 0 Å². The van der Waals surface area contributed by atoms with Gasteiger partial charge in [-0.05, 0) is 54.8 Å². The van der Waals surface area contributed by atoms with Gasteiger partial charge in [0, 0.05) is 42.3 Å². The maximum Gasteiger partial charge on any atom is 0.243 e. The lowest BCUT2D eigenvalue weighted by Gasteiger charge is -2.30. The Balaban J connectivity index is 1.30. The molecule has 0 bridgehead atoms. The van der Waals surface area contributed by atoms with Crippen molar-refractivity contribution in [2.75, 3.05) is 44.7 Å². The lowest BCUT2D eigenvalue weighted by molar-refractivity contribution is -0.120. The molecule has 2 fully saturated rings. The number of morpholine rings is 1. The number of amides is 1. The van der Waals surface area contributed by atoms with Crippen molar-refractivity contribution in [2.24, 2.45) is 5.92 Å². The average Bonchev–Trinajstić information content (AvgIpc) is 2.86. The van der Waals surface area contributed by atoms with Crippen LogP contribution in [0.1, 0.15) is 18.4 Å². The summed E-state index contributed by atoms with van der Waals surface area (Å²) >= 11 is 3.34. The molecule has 0 radical (unpaired) electrons. The molecule has 0 spiro atoms. The molecule has 1 N–H and O–H groups in total. The molecule has 0 aromatic heterocycles. The summed E-state index contributed by atoms with van der Waals surface area (Å²) in [5, 5.41) is 2.83. The van der Waals surface area contributed by atoms with Gasteiger partial charge in [0.25, 0.3) is 0 Å². The maximum absolute atomic E-state index is 12.8. The average molecular weight is 587 g/mol. The lowest BCUT2D eigenvalue weighted by Crippen LogP contribution is -2.41. The first-order valence-corrected chi connectivity index (χ1v) is 15.2. The summed E-state index contributed by atoms with van der Waals surface area (Å²) in [6.45, 7) is 1.95. The number of piperidine rings is 1. The molecule has 2 saturated heterocycles. The van der Waals surface area contributed by atoms with E-state index in [0.717, 1.165) is 4.47 Å². The highest BCUT2D eigenvalue weighted by molar-refractivity contribution is 9.10. The summed E-state index contributed by atoms with van der Waals surface area (Å²) < 4.78 is 60.0. The Bertz CT molecular complexity index is 1240. The molecule has 35 heavy (non-hydrogen) atoms. The highest BCUT2D eigenvalue weighted by Crippen LogP contribution is 2.25. The number of hydrogen-bond donors (Lipinski definition) is 1. The number of nitrogens with one attached hydrogen (secondary N) is 1. The van der Waals surface area contributed by atoms with Gasteiger partial charge in [-0.3, -0.25) is 4.79 Å². The van der Waals surface area contributed by atoms with Crippen LogP contribution in [0.15, 0.2) is 57.9 Å². The Morgan fingerprint density at radius 1 is 0.886 bits per heavy atom. The standard InChI is InChI=1S/C23H28BrN3O6S2/c24-20-3-1-18(2-4-20)17-34(29,30)26-11-9-19(10-12-26)23(28)25-21-5-7-22(8-6-21)35(31,32)27-13-15-33-16-14-27/h1-8,19H,9-17H2,(H,25,28). The van der Waals surface area contributed by atoms with Crippen LogP contribution in [0.25, 0.3) is 0 Å². The summed E-state index contributed by atoms with van der Waals surface area (Å²) in [5.74, 6) is -0.582. The summed E-state index contributed by atoms with van der Waals surface area (Å²) in [7, 11) is -7.06. The van der Waals surface area contributed by atoms with Gasteiger partial charge in [-0.25, -0.2) is 21.1 Å². The number of carbonyl (C=O) groups is 1. The Morgan fingerprint density at radius 3 is 2.09 bits per heavy atom. The van der Waals surface area contributed by atoms with Crippen molar-refractivity contribution in [3.05, 3.63) is 58.6 Å². The fraction of sp³-hybridized carbons (Fsp3) is 0.435. The monoisotopic (exact) mass is 585 g/mol. The molecular weight excluding hydrogens is 558 g/mol. The van der Waals surface area contributed by atoms with E-state index in [9.17, 15) is 21.6 Å². The minimum Gasteiger partial charge on any atom is -0.379 e. The maximum atomic E-state index is 12.8. The first-order valence-electron chi connectivity index (χ1n) is 11.4. The van der Waals surface area contributed by atoms with Crippen LogP contribution in [0, 0.1) is 5.92 Å². The highest BCUT2D eigenvalue weighted by atomic mass is 79.9. The topological polar surface area (TPSA) is 113 Å². The van der Waals surface area contributed by atoms with Gasteiger partial charge >= 0.3 is 0 Å². The molecule has 2 aliphatic rings. The normalized spacial score (nSPS) is 18.9. The Labute approximate surface area is 214 Å². The van der Waals surface area contributed by atoms with Crippen molar-refractivity contribution in [3.63, 3.8) is 0 Å². The second-order valence-electron chi connectivity index (χ2n) is 8.59. The van der Waals surface area contributed by atoms with E-state index in [0.29, 0.717) is 50.4 Å². The number of nitrogens with zero attached hydrogens (tertiary/aromatic N) is 2. The number of halogens is 1. The summed E-state index contributed by atoms with van der Waals surface area (Å²) in [6, 6.07) is 13.3. The quantitative estimate of drug-likeness (QED) is 0.534. The van der Waals surface area contributed by atoms with Crippen molar-refractivity contribution >= 4 is 47.6 Å². The molecular formula is C23H28BrN3O6S2. The van der Waals surface area contributed by atoms with E-state index in [1.165, 1.54) is 20.7 Å². The van der Waals surface area contributed by atoms with Crippen LogP contribution < -0.4 is 5.32 Å². The fourth-order valence-electron chi connectivity index (χ4n) is 4.17. The number of benzene rings is 2. The van der Waals surface area contributed by atoms with Gasteiger partial charge < -0.3 is 10.1 Å². The van der Waals surface area contributed by atoms with Gasteiger partial charge in [0.15, 0.2) is 0 Å². The van der Waals surface area contributed by atoms with E-state index in [-0.39, 0.29) is 35.6 Å². The van der Waals surface area contributed by atoms with E-state index in [1.54, 1.807) is 24.3 Å². The number of anilines is 1. The van der Waals surface area contributed by atoms with E-state index >= 15 is 0 Å². The van der Waals surface area contributed by atoms with Gasteiger partial charge in [0.05, 0.1) is 23.9 Å². The number of hydrogen-bond acceptors (Lipinski definition) is 6. The molecule has 1 amide bonds. The zero-order valence-corrected chi connectivity index (χ0v) is 22.3. The van der Waals surface area contributed by atoms with Crippen LogP contribution in [-0.4, -0.2) is 70.7 Å². The van der Waals surface area contributed by atoms with Crippen LogP contribution >= 0.6 is 15.9 Å². The van der Waals surface area contributed by atoms with Crippen LogP contribution in [0.4, 0.5) is 5.69 Å². The first-order chi connectivity index (χ1) is 16.6. The van der Waals surface area contributed by atoms with E-state index < -0.39 is 20.0 Å². The summed E-state index contributed by atoms with van der Waals surface area (Å²) in [6.07, 6.45) is 0.851. The Morgan fingerprint density at radius 2 is 1.49 bits per heavy atom. The van der Waals surface area contributed by atoms with E-state index in [1.807, 2.05) is 12.1 Å². The number of sulfonamides is 2. The van der Waals surface area contributed by atoms with Crippen LogP contribution in [0.5, 0.6) is 0 Å². The minimum absolute atomic E-state index is 0.0726. The van der Waals surface area contributed by atoms with Gasteiger partial charge in [0.2, 0.25) is 26.0 Å². The lowest BCUT2D eigenvalue weighted by atomic mass is 9.97. The largest absolute Gasteiger partial charge is 0.379 e. The molecule has 2 aromatic rings. The highest BCUT2D eigenvalue weighted by Gasteiger charge is 2.31. The van der Waals surface area contributed by atoms with Gasteiger partial charge in [-0.1, -0.05) is 28.1 Å². The van der Waals surface area contributed by atoms with Crippen LogP contribution in [0.3, 0.4) is 0 Å². The molecule has 0 aliphatic carbocycles. The third kappa shape index (κ3) is 6.49.